The molecule has 0 atom stereocenters. The summed E-state index contributed by atoms with van der Waals surface area (Å²) in [5, 5.41) is 9.51. The van der Waals surface area contributed by atoms with Gasteiger partial charge in [-0.05, 0) is 18.2 Å². The molecule has 0 saturated heterocycles. The molecule has 0 spiro atoms. The van der Waals surface area contributed by atoms with Gasteiger partial charge in [-0.2, -0.15) is 0 Å². The Bertz CT molecular complexity index is 510. The molecule has 2 rings (SSSR count). The molecule has 1 heterocycles. The van der Waals surface area contributed by atoms with Crippen molar-refractivity contribution >= 4 is 16.9 Å². The minimum atomic E-state index is -0.862. The molecule has 82 valence electrons. The second-order valence-corrected chi connectivity index (χ2v) is 3.35. The zero-order chi connectivity index (χ0) is 11.4. The minimum absolute atomic E-state index is 0.000253. The van der Waals surface area contributed by atoms with Crippen LogP contribution >= 0.6 is 0 Å². The monoisotopic (exact) mass is 217 g/mol. The fraction of sp³-hybridized carbons (Fsp3) is 0.167. The van der Waals surface area contributed by atoms with Gasteiger partial charge in [-0.15, -0.1) is 0 Å². The number of ether oxygens (including phenoxy) is 1. The summed E-state index contributed by atoms with van der Waals surface area (Å²) in [5.74, 6) is -0.216. The number of nitrogens with zero attached hydrogens (tertiary/aromatic N) is 1. The van der Waals surface area contributed by atoms with Crippen LogP contribution in [-0.4, -0.2) is 22.7 Å². The maximum Gasteiger partial charge on any atom is 0.306 e. The van der Waals surface area contributed by atoms with Gasteiger partial charge in [0.1, 0.15) is 5.75 Å². The lowest BCUT2D eigenvalue weighted by Gasteiger charge is -2.05. The van der Waals surface area contributed by atoms with E-state index in [2.05, 4.69) is 4.98 Å². The minimum Gasteiger partial charge on any atom is -0.493 e. The molecule has 1 aromatic heterocycles. The molecule has 0 bridgehead atoms. The molecule has 1 aromatic carbocycles. The maximum absolute atomic E-state index is 10.3. The summed E-state index contributed by atoms with van der Waals surface area (Å²) in [6, 6.07) is 9.35. The van der Waals surface area contributed by atoms with Crippen molar-refractivity contribution in [3.63, 3.8) is 0 Å². The van der Waals surface area contributed by atoms with Crippen molar-refractivity contribution in [1.29, 1.82) is 0 Å². The van der Waals surface area contributed by atoms with Crippen LogP contribution in [0, 0.1) is 0 Å². The van der Waals surface area contributed by atoms with E-state index >= 15 is 0 Å². The van der Waals surface area contributed by atoms with Gasteiger partial charge in [-0.3, -0.25) is 9.78 Å². The molecule has 0 unspecified atom stereocenters. The summed E-state index contributed by atoms with van der Waals surface area (Å²) in [6.07, 6.45) is 1.71. The molecule has 4 nitrogen and oxygen atoms in total. The largest absolute Gasteiger partial charge is 0.493 e. The van der Waals surface area contributed by atoms with E-state index < -0.39 is 5.97 Å². The topological polar surface area (TPSA) is 59.4 Å². The Balaban J connectivity index is 2.10. The van der Waals surface area contributed by atoms with Crippen molar-refractivity contribution in [2.75, 3.05) is 6.61 Å². The predicted molar refractivity (Wildman–Crippen MR) is 59.5 cm³/mol. The Kier molecular flexibility index (Phi) is 3.00. The van der Waals surface area contributed by atoms with Gasteiger partial charge >= 0.3 is 5.97 Å². The van der Waals surface area contributed by atoms with Gasteiger partial charge in [0.15, 0.2) is 0 Å². The molecule has 0 aliphatic carbocycles. The van der Waals surface area contributed by atoms with Crippen LogP contribution in [0.15, 0.2) is 36.5 Å². The molecular formula is C12H11NO3. The van der Waals surface area contributed by atoms with Gasteiger partial charge in [-0.1, -0.05) is 6.07 Å². The van der Waals surface area contributed by atoms with Crippen molar-refractivity contribution in [2.24, 2.45) is 0 Å². The van der Waals surface area contributed by atoms with Gasteiger partial charge in [-0.25, -0.2) is 0 Å². The SMILES string of the molecule is O=C(O)CCOc1ccc2cccnc2c1. The molecule has 16 heavy (non-hydrogen) atoms. The Hall–Kier alpha value is -2.10. The first-order valence-corrected chi connectivity index (χ1v) is 4.95. The zero-order valence-corrected chi connectivity index (χ0v) is 8.59. The van der Waals surface area contributed by atoms with Crippen LogP contribution < -0.4 is 4.74 Å². The highest BCUT2D eigenvalue weighted by molar-refractivity contribution is 5.79. The number of benzene rings is 1. The third kappa shape index (κ3) is 2.48. The Labute approximate surface area is 92.5 Å². The van der Waals surface area contributed by atoms with Gasteiger partial charge in [0, 0.05) is 17.6 Å². The van der Waals surface area contributed by atoms with Crippen molar-refractivity contribution in [1.82, 2.24) is 4.98 Å². The number of rotatable bonds is 4. The van der Waals surface area contributed by atoms with Crippen molar-refractivity contribution < 1.29 is 14.6 Å². The van der Waals surface area contributed by atoms with Gasteiger partial charge in [0.2, 0.25) is 0 Å². The second-order valence-electron chi connectivity index (χ2n) is 3.35. The number of aliphatic carboxylic acids is 1. The van der Waals surface area contributed by atoms with E-state index in [1.165, 1.54) is 0 Å². The normalized spacial score (nSPS) is 10.2. The van der Waals surface area contributed by atoms with Gasteiger partial charge < -0.3 is 9.84 Å². The van der Waals surface area contributed by atoms with Crippen molar-refractivity contribution in [3.8, 4) is 5.75 Å². The summed E-state index contributed by atoms with van der Waals surface area (Å²) in [4.78, 5) is 14.5. The van der Waals surface area contributed by atoms with E-state index in [1.807, 2.05) is 24.3 Å². The first-order valence-electron chi connectivity index (χ1n) is 4.95. The number of aromatic nitrogens is 1. The molecule has 0 saturated carbocycles. The van der Waals surface area contributed by atoms with Gasteiger partial charge in [0.25, 0.3) is 0 Å². The first-order chi connectivity index (χ1) is 7.75. The number of carboxylic acids is 1. The highest BCUT2D eigenvalue weighted by atomic mass is 16.5. The van der Waals surface area contributed by atoms with Crippen LogP contribution in [0.4, 0.5) is 0 Å². The highest BCUT2D eigenvalue weighted by Crippen LogP contribution is 2.18. The summed E-state index contributed by atoms with van der Waals surface area (Å²) in [6.45, 7) is 0.174. The van der Waals surface area contributed by atoms with Crippen LogP contribution in [0.25, 0.3) is 10.9 Å². The lowest BCUT2D eigenvalue weighted by Crippen LogP contribution is -2.04. The van der Waals surface area contributed by atoms with Crippen LogP contribution in [0.1, 0.15) is 6.42 Å². The molecule has 0 fully saturated rings. The fourth-order valence-corrected chi connectivity index (χ4v) is 1.39. The molecule has 2 aromatic rings. The molecule has 0 aliphatic rings. The third-order valence-corrected chi connectivity index (χ3v) is 2.16. The average molecular weight is 217 g/mol. The standard InChI is InChI=1S/C12H11NO3/c14-12(15)5-7-16-10-4-3-9-2-1-6-13-11(9)8-10/h1-4,6,8H,5,7H2,(H,14,15). The lowest BCUT2D eigenvalue weighted by atomic mass is 10.2. The quantitative estimate of drug-likeness (QED) is 0.851. The first kappa shape index (κ1) is 10.4. The summed E-state index contributed by atoms with van der Waals surface area (Å²) in [5.41, 5.74) is 0.843. The lowest BCUT2D eigenvalue weighted by molar-refractivity contribution is -0.137. The van der Waals surface area contributed by atoms with Crippen LogP contribution in [0.5, 0.6) is 5.75 Å². The predicted octanol–water partition coefficient (Wildman–Crippen LogP) is 2.09. The summed E-state index contributed by atoms with van der Waals surface area (Å²) >= 11 is 0. The van der Waals surface area contributed by atoms with E-state index in [0.717, 1.165) is 10.9 Å². The maximum atomic E-state index is 10.3. The highest BCUT2D eigenvalue weighted by Gasteiger charge is 2.00. The van der Waals surface area contributed by atoms with Crippen molar-refractivity contribution in [2.45, 2.75) is 6.42 Å². The smallest absolute Gasteiger partial charge is 0.306 e. The Morgan fingerprint density at radius 1 is 1.38 bits per heavy atom. The third-order valence-electron chi connectivity index (χ3n) is 2.16. The van der Waals surface area contributed by atoms with Crippen LogP contribution in [0.2, 0.25) is 0 Å². The van der Waals surface area contributed by atoms with Crippen LogP contribution in [-0.2, 0) is 4.79 Å². The number of fused-ring (bicyclic) bond motifs is 1. The molecular weight excluding hydrogens is 206 g/mol. The molecule has 0 amide bonds. The number of hydrogen-bond acceptors (Lipinski definition) is 3. The summed E-state index contributed by atoms with van der Waals surface area (Å²) < 4.78 is 5.30. The number of carboxylic acid groups (broad SMARTS) is 1. The van der Waals surface area contributed by atoms with E-state index in [4.69, 9.17) is 9.84 Å². The molecule has 0 aliphatic heterocycles. The van der Waals surface area contributed by atoms with E-state index in [1.54, 1.807) is 12.3 Å². The number of hydrogen-bond donors (Lipinski definition) is 1. The van der Waals surface area contributed by atoms with Crippen LogP contribution in [0.3, 0.4) is 0 Å². The number of carbonyl (C=O) groups is 1. The molecule has 1 N–H and O–H groups in total. The average Bonchev–Trinajstić information content (AvgIpc) is 2.28. The van der Waals surface area contributed by atoms with E-state index in [0.29, 0.717) is 5.75 Å². The molecule has 0 radical (unpaired) electrons. The van der Waals surface area contributed by atoms with E-state index in [9.17, 15) is 4.79 Å². The Morgan fingerprint density at radius 2 is 2.25 bits per heavy atom. The number of pyridine rings is 1. The zero-order valence-electron chi connectivity index (χ0n) is 8.59. The fourth-order valence-electron chi connectivity index (χ4n) is 1.39. The van der Waals surface area contributed by atoms with Crippen molar-refractivity contribution in [3.05, 3.63) is 36.5 Å². The Morgan fingerprint density at radius 3 is 3.06 bits per heavy atom. The summed E-state index contributed by atoms with van der Waals surface area (Å²) in [7, 11) is 0. The second kappa shape index (κ2) is 4.61. The molecule has 4 heteroatoms. The van der Waals surface area contributed by atoms with E-state index in [-0.39, 0.29) is 13.0 Å². The van der Waals surface area contributed by atoms with Gasteiger partial charge in [0.05, 0.1) is 18.5 Å².